The van der Waals surface area contributed by atoms with Crippen molar-refractivity contribution >= 4 is 29.6 Å². The number of benzene rings is 3. The van der Waals surface area contributed by atoms with E-state index in [0.29, 0.717) is 37.8 Å². The highest BCUT2D eigenvalue weighted by molar-refractivity contribution is 5.98. The van der Waals surface area contributed by atoms with Gasteiger partial charge in [0.1, 0.15) is 11.6 Å². The predicted octanol–water partition coefficient (Wildman–Crippen LogP) is 7.80. The van der Waals surface area contributed by atoms with E-state index < -0.39 is 47.5 Å². The molecule has 1 unspecified atom stereocenters. The molecule has 3 aromatic carbocycles. The number of H-pyrrole nitrogens is 1. The number of nitrogens with one attached hydrogen (secondary N) is 4. The second-order valence-corrected chi connectivity index (χ2v) is 15.1. The largest absolute Gasteiger partial charge is 0.478 e. The van der Waals surface area contributed by atoms with E-state index in [0.717, 1.165) is 16.7 Å². The molecule has 0 radical (unpaired) electrons. The van der Waals surface area contributed by atoms with Crippen LogP contribution >= 0.6 is 0 Å². The lowest BCUT2D eigenvalue weighted by Crippen LogP contribution is -2.48. The van der Waals surface area contributed by atoms with Crippen LogP contribution in [-0.2, 0) is 26.7 Å². The molecule has 0 spiro atoms. The number of aromatic nitrogens is 3. The Morgan fingerprint density at radius 2 is 1.51 bits per heavy atom. The molecule has 1 aromatic heterocycles. The van der Waals surface area contributed by atoms with Gasteiger partial charge < -0.3 is 30.8 Å². The Morgan fingerprint density at radius 1 is 0.877 bits per heavy atom. The van der Waals surface area contributed by atoms with Crippen molar-refractivity contribution in [3.63, 3.8) is 0 Å². The molecular weight excluding hydrogens is 755 g/mol. The second kappa shape index (κ2) is 17.1. The van der Waals surface area contributed by atoms with Crippen LogP contribution in [0.1, 0.15) is 73.8 Å². The van der Waals surface area contributed by atoms with Crippen molar-refractivity contribution in [2.75, 3.05) is 11.9 Å². The molecule has 304 valence electrons. The van der Waals surface area contributed by atoms with Crippen molar-refractivity contribution in [1.82, 2.24) is 25.8 Å². The minimum atomic E-state index is -5.87. The number of carbonyl (C=O) groups excluding carboxylic acids is 3. The number of carboxylic acid groups (broad SMARTS) is 1. The van der Waals surface area contributed by atoms with Crippen molar-refractivity contribution < 1.29 is 51.0 Å². The molecule has 12 nitrogen and oxygen atoms in total. The Hall–Kier alpha value is -5.87. The van der Waals surface area contributed by atoms with Gasteiger partial charge in [-0.15, -0.1) is 10.2 Å². The van der Waals surface area contributed by atoms with Crippen LogP contribution in [0.2, 0.25) is 0 Å². The number of aromatic amines is 1. The minimum Gasteiger partial charge on any atom is -0.478 e. The van der Waals surface area contributed by atoms with Crippen LogP contribution < -0.4 is 16.0 Å². The van der Waals surface area contributed by atoms with Crippen molar-refractivity contribution in [1.29, 1.82) is 0 Å². The maximum atomic E-state index is 13.8. The fourth-order valence-corrected chi connectivity index (χ4v) is 6.45. The van der Waals surface area contributed by atoms with Gasteiger partial charge in [0.2, 0.25) is 17.6 Å². The number of halogens is 5. The molecular formula is C40H43F5N6O6. The number of anilines is 1. The number of amides is 3. The molecule has 57 heavy (non-hydrogen) atoms. The van der Waals surface area contributed by atoms with Gasteiger partial charge in [-0.2, -0.15) is 22.0 Å². The number of alkyl halides is 5. The van der Waals surface area contributed by atoms with Crippen molar-refractivity contribution in [3.05, 3.63) is 89.2 Å². The number of carbonyl (C=O) groups is 4. The first-order valence-corrected chi connectivity index (χ1v) is 18.2. The highest BCUT2D eigenvalue weighted by atomic mass is 19.4. The Morgan fingerprint density at radius 3 is 2.09 bits per heavy atom. The summed E-state index contributed by atoms with van der Waals surface area (Å²) in [6, 6.07) is 16.5. The lowest BCUT2D eigenvalue weighted by Gasteiger charge is -2.29. The van der Waals surface area contributed by atoms with E-state index in [1.165, 1.54) is 30.3 Å². The minimum absolute atomic E-state index is 0.0935. The number of hydrogen-bond donors (Lipinski definition) is 5. The number of nitrogens with zero attached hydrogens (tertiary/aromatic N) is 2. The second-order valence-electron chi connectivity index (χ2n) is 15.1. The summed E-state index contributed by atoms with van der Waals surface area (Å²) in [5, 5.41) is 24.1. The summed E-state index contributed by atoms with van der Waals surface area (Å²) < 4.78 is 71.2. The molecule has 3 amide bonds. The fraction of sp³-hybridized carbons (Fsp3) is 0.400. The van der Waals surface area contributed by atoms with E-state index in [1.54, 1.807) is 52.0 Å². The lowest BCUT2D eigenvalue weighted by molar-refractivity contribution is -0.292. The van der Waals surface area contributed by atoms with Crippen LogP contribution in [0.5, 0.6) is 0 Å². The molecule has 1 fully saturated rings. The topological polar surface area (TPSA) is 175 Å². The van der Waals surface area contributed by atoms with E-state index in [9.17, 15) is 46.2 Å². The standard InChI is InChI=1S/C40H43F5N6O6/c1-22-19-28(35(54)55)15-18-30(22)25-9-5-23(6-10-25)20-31(48-33(52)27-11-7-24(8-12-27)21-46-37(56)57-38(2,3)4)34(53)47-29-16-13-26(14-17-29)32-49-36(51-50-32)39(41,42)40(43,44)45/h5-6,9-10,13-19,24,27,31H,7-8,11-12,20-21H2,1-4H3,(H,46,56)(H,47,53)(H,48,52)(H,54,55)(H,49,50,51)/t24-,27-,31?. The van der Waals surface area contributed by atoms with Crippen LogP contribution in [-0.4, -0.2) is 68.5 Å². The number of aromatic carboxylic acids is 1. The van der Waals surface area contributed by atoms with E-state index in [2.05, 4.69) is 26.1 Å². The highest BCUT2D eigenvalue weighted by Crippen LogP contribution is 2.42. The van der Waals surface area contributed by atoms with Gasteiger partial charge in [0.25, 0.3) is 0 Å². The third kappa shape index (κ3) is 10.9. The lowest BCUT2D eigenvalue weighted by atomic mass is 9.81. The van der Waals surface area contributed by atoms with Crippen LogP contribution in [0.25, 0.3) is 22.5 Å². The summed E-state index contributed by atoms with van der Waals surface area (Å²) in [6.45, 7) is 7.53. The zero-order valence-electron chi connectivity index (χ0n) is 31.6. The quantitative estimate of drug-likeness (QED) is 0.0903. The fourth-order valence-electron chi connectivity index (χ4n) is 6.45. The predicted molar refractivity (Wildman–Crippen MR) is 199 cm³/mol. The molecule has 17 heteroatoms. The van der Waals surface area contributed by atoms with Crippen molar-refractivity contribution in [2.45, 2.75) is 83.5 Å². The Kier molecular flexibility index (Phi) is 12.7. The van der Waals surface area contributed by atoms with E-state index in [1.807, 2.05) is 17.1 Å². The molecule has 0 bridgehead atoms. The Bertz CT molecular complexity index is 2070. The molecule has 0 saturated heterocycles. The zero-order valence-corrected chi connectivity index (χ0v) is 31.6. The summed E-state index contributed by atoms with van der Waals surface area (Å²) in [5.74, 6) is -9.39. The molecule has 5 N–H and O–H groups in total. The van der Waals surface area contributed by atoms with Crippen LogP contribution in [0.3, 0.4) is 0 Å². The van der Waals surface area contributed by atoms with Crippen LogP contribution in [0.4, 0.5) is 32.4 Å². The molecule has 1 aliphatic rings. The van der Waals surface area contributed by atoms with Gasteiger partial charge in [-0.1, -0.05) is 30.3 Å². The van der Waals surface area contributed by atoms with Gasteiger partial charge in [0.15, 0.2) is 5.82 Å². The van der Waals surface area contributed by atoms with Crippen molar-refractivity contribution in [3.8, 4) is 22.5 Å². The summed E-state index contributed by atoms with van der Waals surface area (Å²) in [6.07, 6.45) is -3.87. The number of rotatable bonds is 12. The average molecular weight is 799 g/mol. The number of aryl methyl sites for hydroxylation is 1. The van der Waals surface area contributed by atoms with Gasteiger partial charge in [-0.25, -0.2) is 9.59 Å². The Labute approximate surface area is 325 Å². The van der Waals surface area contributed by atoms with Crippen LogP contribution in [0.15, 0.2) is 66.7 Å². The highest BCUT2D eigenvalue weighted by Gasteiger charge is 2.61. The van der Waals surface area contributed by atoms with Gasteiger partial charge in [-0.3, -0.25) is 9.59 Å². The first-order chi connectivity index (χ1) is 26.7. The normalized spacial score (nSPS) is 16.6. The molecule has 4 aromatic rings. The maximum Gasteiger partial charge on any atom is 0.461 e. The monoisotopic (exact) mass is 798 g/mol. The smallest absolute Gasteiger partial charge is 0.461 e. The van der Waals surface area contributed by atoms with Gasteiger partial charge >= 0.3 is 24.2 Å². The zero-order chi connectivity index (χ0) is 41.7. The summed E-state index contributed by atoms with van der Waals surface area (Å²) in [5.41, 5.74) is 3.02. The summed E-state index contributed by atoms with van der Waals surface area (Å²) >= 11 is 0. The van der Waals surface area contributed by atoms with Gasteiger partial charge in [0.05, 0.1) is 5.56 Å². The Balaban J connectivity index is 1.28. The summed E-state index contributed by atoms with van der Waals surface area (Å²) in [7, 11) is 0. The van der Waals surface area contributed by atoms with Gasteiger partial charge in [0, 0.05) is 30.1 Å². The van der Waals surface area contributed by atoms with E-state index in [4.69, 9.17) is 4.74 Å². The SMILES string of the molecule is Cc1cc(C(=O)O)ccc1-c1ccc(CC(NC(=O)[C@H]2CC[C@H](CNC(=O)OC(C)(C)C)CC2)C(=O)Nc2ccc(-c3nnc(C(F)(F)C(F)(F)F)[nH]3)cc2)cc1. The molecule has 5 rings (SSSR count). The molecule has 1 atom stereocenters. The number of ether oxygens (including phenoxy) is 1. The maximum absolute atomic E-state index is 13.8. The number of carboxylic acids is 1. The first kappa shape index (κ1) is 42.3. The van der Waals surface area contributed by atoms with Crippen molar-refractivity contribution in [2.24, 2.45) is 11.8 Å². The van der Waals surface area contributed by atoms with E-state index in [-0.39, 0.29) is 46.8 Å². The van der Waals surface area contributed by atoms with Gasteiger partial charge in [-0.05, 0) is 118 Å². The first-order valence-electron chi connectivity index (χ1n) is 18.2. The average Bonchev–Trinajstić information content (AvgIpc) is 3.65. The third-order valence-electron chi connectivity index (χ3n) is 9.53. The van der Waals surface area contributed by atoms with E-state index >= 15 is 0 Å². The summed E-state index contributed by atoms with van der Waals surface area (Å²) in [4.78, 5) is 52.8. The number of hydrogen-bond acceptors (Lipinski definition) is 7. The molecule has 1 saturated carbocycles. The molecule has 1 heterocycles. The number of alkyl carbamates (subject to hydrolysis) is 1. The molecule has 1 aliphatic carbocycles. The molecule has 0 aliphatic heterocycles. The van der Waals surface area contributed by atoms with Crippen LogP contribution in [0, 0.1) is 18.8 Å². The third-order valence-corrected chi connectivity index (χ3v) is 9.53.